The van der Waals surface area contributed by atoms with Crippen LogP contribution in [-0.4, -0.2) is 8.07 Å². The summed E-state index contributed by atoms with van der Waals surface area (Å²) in [4.78, 5) is 0. The molecule has 0 amide bonds. The van der Waals surface area contributed by atoms with Gasteiger partial charge in [0.25, 0.3) is 0 Å². The second-order valence-corrected chi connectivity index (χ2v) is 13.9. The molecule has 2 fully saturated rings. The van der Waals surface area contributed by atoms with Crippen molar-refractivity contribution in [2.24, 2.45) is 0 Å². The first kappa shape index (κ1) is 18.5. The lowest BCUT2D eigenvalue weighted by atomic mass is 9.99. The summed E-state index contributed by atoms with van der Waals surface area (Å²) in [7, 11) is -1.81. The van der Waals surface area contributed by atoms with Crippen LogP contribution < -0.4 is 10.4 Å². The van der Waals surface area contributed by atoms with Crippen LogP contribution in [0.3, 0.4) is 0 Å². The first-order valence-electron chi connectivity index (χ1n) is 10.6. The Morgan fingerprint density at radius 1 is 0.615 bits per heavy atom. The molecule has 26 heavy (non-hydrogen) atoms. The van der Waals surface area contributed by atoms with Gasteiger partial charge in [-0.05, 0) is 23.2 Å². The summed E-state index contributed by atoms with van der Waals surface area (Å²) in [5.74, 6) is 0. The summed E-state index contributed by atoms with van der Waals surface area (Å²) in [6, 6.07) is 21.2. The van der Waals surface area contributed by atoms with Crippen molar-refractivity contribution in [3.05, 3.63) is 59.1 Å². The molecule has 0 aliphatic heterocycles. The predicted octanol–water partition coefficient (Wildman–Crippen LogP) is 6.68. The Hall–Kier alpha value is -0.863. The average Bonchev–Trinajstić information content (AvgIpc) is 2.71. The van der Waals surface area contributed by atoms with Gasteiger partial charge in [-0.15, -0.1) is 0 Å². The van der Waals surface area contributed by atoms with E-state index in [9.17, 15) is 0 Å². The molecule has 4 rings (SSSR count). The highest BCUT2D eigenvalue weighted by Gasteiger charge is 2.50. The molecule has 2 aromatic carbocycles. The number of halogens is 1. The van der Waals surface area contributed by atoms with E-state index in [-0.39, 0.29) is 0 Å². The monoisotopic (exact) mass is 426 g/mol. The molecule has 0 unspecified atom stereocenters. The minimum Gasteiger partial charge on any atom is -0.0626 e. The molecule has 2 aromatic rings. The van der Waals surface area contributed by atoms with Crippen LogP contribution in [0.4, 0.5) is 0 Å². The lowest BCUT2D eigenvalue weighted by Gasteiger charge is -2.48. The second kappa shape index (κ2) is 8.44. The molecule has 2 heteroatoms. The van der Waals surface area contributed by atoms with E-state index in [2.05, 4.69) is 70.5 Å². The molecule has 0 heterocycles. The second-order valence-electron chi connectivity index (χ2n) is 8.42. The van der Waals surface area contributed by atoms with Gasteiger partial charge in [-0.1, -0.05) is 133 Å². The molecular formula is C24H31BrSi. The maximum atomic E-state index is 3.80. The van der Waals surface area contributed by atoms with Gasteiger partial charge in [0.1, 0.15) is 8.07 Å². The Balaban J connectivity index is 1.92. The minimum absolute atomic E-state index is 0.913. The van der Waals surface area contributed by atoms with Crippen LogP contribution >= 0.6 is 15.9 Å². The number of hydrogen-bond acceptors (Lipinski definition) is 0. The van der Waals surface area contributed by atoms with E-state index in [1.165, 1.54) is 68.7 Å². The summed E-state index contributed by atoms with van der Waals surface area (Å²) in [5.41, 5.74) is 1.83. The molecule has 0 radical (unpaired) electrons. The Bertz CT molecular complexity index is 681. The number of hydrogen-bond donors (Lipinski definition) is 0. The molecular weight excluding hydrogens is 396 g/mol. The van der Waals surface area contributed by atoms with Gasteiger partial charge in [-0.25, -0.2) is 0 Å². The van der Waals surface area contributed by atoms with Crippen LogP contribution in [0.1, 0.15) is 64.2 Å². The lowest BCUT2D eigenvalue weighted by Crippen LogP contribution is -2.65. The zero-order valence-corrected chi connectivity index (χ0v) is 18.4. The van der Waals surface area contributed by atoms with Crippen molar-refractivity contribution in [3.63, 3.8) is 0 Å². The summed E-state index contributed by atoms with van der Waals surface area (Å²) in [6.07, 6.45) is 14.4. The van der Waals surface area contributed by atoms with Crippen molar-refractivity contribution in [3.8, 4) is 0 Å². The molecule has 0 bridgehead atoms. The van der Waals surface area contributed by atoms with E-state index in [0.29, 0.717) is 0 Å². The maximum absolute atomic E-state index is 3.80. The van der Waals surface area contributed by atoms with E-state index in [0.717, 1.165) is 11.1 Å². The fourth-order valence-corrected chi connectivity index (χ4v) is 13.7. The van der Waals surface area contributed by atoms with Crippen molar-refractivity contribution < 1.29 is 0 Å². The molecule has 0 saturated heterocycles. The summed E-state index contributed by atoms with van der Waals surface area (Å²) in [6.45, 7) is 0. The fourth-order valence-electron chi connectivity index (χ4n) is 6.02. The third-order valence-electron chi connectivity index (χ3n) is 7.05. The van der Waals surface area contributed by atoms with Crippen molar-refractivity contribution in [2.45, 2.75) is 75.3 Å². The summed E-state index contributed by atoms with van der Waals surface area (Å²) < 4.78 is 1.26. The van der Waals surface area contributed by atoms with Gasteiger partial charge in [-0.3, -0.25) is 0 Å². The number of rotatable bonds is 4. The molecule has 0 N–H and O–H groups in total. The van der Waals surface area contributed by atoms with Crippen molar-refractivity contribution in [2.75, 3.05) is 0 Å². The van der Waals surface area contributed by atoms with Crippen molar-refractivity contribution >= 4 is 34.4 Å². The van der Waals surface area contributed by atoms with Gasteiger partial charge in [0.15, 0.2) is 0 Å². The zero-order chi connectivity index (χ0) is 17.8. The molecule has 2 aliphatic rings. The minimum atomic E-state index is -1.81. The zero-order valence-electron chi connectivity index (χ0n) is 15.8. The van der Waals surface area contributed by atoms with Gasteiger partial charge in [0.05, 0.1) is 0 Å². The molecule has 0 nitrogen and oxygen atoms in total. The molecule has 138 valence electrons. The standard InChI is InChI=1S/C24H31BrSi/c25-20-11-10-18-24(19-20)26(21-12-4-1-5-13-21,22-14-6-2-7-15-22)23-16-8-3-9-17-23/h1,4-5,10-13,18-19,22-23H,2-3,6-9,14-17H2. The highest BCUT2D eigenvalue weighted by Crippen LogP contribution is 2.47. The Labute approximate surface area is 168 Å². The first-order valence-corrected chi connectivity index (χ1v) is 13.6. The largest absolute Gasteiger partial charge is 0.124 e. The van der Waals surface area contributed by atoms with E-state index in [1.807, 2.05) is 0 Å². The van der Waals surface area contributed by atoms with Crippen molar-refractivity contribution in [1.29, 1.82) is 0 Å². The smallest absolute Gasteiger partial charge is 0.0626 e. The lowest BCUT2D eigenvalue weighted by molar-refractivity contribution is 0.459. The molecule has 2 aliphatic carbocycles. The van der Waals surface area contributed by atoms with E-state index < -0.39 is 8.07 Å². The van der Waals surface area contributed by atoms with E-state index in [1.54, 1.807) is 10.4 Å². The first-order chi connectivity index (χ1) is 12.8. The highest BCUT2D eigenvalue weighted by atomic mass is 79.9. The quantitative estimate of drug-likeness (QED) is 0.478. The van der Waals surface area contributed by atoms with Crippen molar-refractivity contribution in [1.82, 2.24) is 0 Å². The molecule has 0 aromatic heterocycles. The summed E-state index contributed by atoms with van der Waals surface area (Å²) in [5, 5.41) is 3.40. The average molecular weight is 428 g/mol. The Morgan fingerprint density at radius 2 is 1.15 bits per heavy atom. The van der Waals surface area contributed by atoms with Crippen LogP contribution in [0.5, 0.6) is 0 Å². The van der Waals surface area contributed by atoms with E-state index >= 15 is 0 Å². The van der Waals surface area contributed by atoms with Gasteiger partial charge in [0, 0.05) is 4.47 Å². The predicted molar refractivity (Wildman–Crippen MR) is 119 cm³/mol. The normalized spacial score (nSPS) is 20.2. The van der Waals surface area contributed by atoms with Gasteiger partial charge >= 0.3 is 0 Å². The highest BCUT2D eigenvalue weighted by molar-refractivity contribution is 9.10. The SMILES string of the molecule is Brc1cccc([Si](c2ccccc2)(C2CCCCC2)C2CCCCC2)c1. The maximum Gasteiger partial charge on any atom is 0.124 e. The number of benzene rings is 2. The topological polar surface area (TPSA) is 0 Å². The molecule has 2 saturated carbocycles. The van der Waals surface area contributed by atoms with Gasteiger partial charge < -0.3 is 0 Å². The third kappa shape index (κ3) is 3.47. The van der Waals surface area contributed by atoms with Gasteiger partial charge in [0.2, 0.25) is 0 Å². The van der Waals surface area contributed by atoms with Gasteiger partial charge in [-0.2, -0.15) is 0 Å². The third-order valence-corrected chi connectivity index (χ3v) is 13.8. The molecule has 0 spiro atoms. The fraction of sp³-hybridized carbons (Fsp3) is 0.500. The van der Waals surface area contributed by atoms with Crippen LogP contribution in [0, 0.1) is 0 Å². The Morgan fingerprint density at radius 3 is 1.69 bits per heavy atom. The molecule has 0 atom stereocenters. The van der Waals surface area contributed by atoms with Crippen LogP contribution in [0.2, 0.25) is 11.1 Å². The van der Waals surface area contributed by atoms with Crippen LogP contribution in [-0.2, 0) is 0 Å². The van der Waals surface area contributed by atoms with Crippen LogP contribution in [0.15, 0.2) is 59.1 Å². The summed E-state index contributed by atoms with van der Waals surface area (Å²) >= 11 is 3.80. The Kier molecular flexibility index (Phi) is 6.00. The van der Waals surface area contributed by atoms with E-state index in [4.69, 9.17) is 0 Å². The van der Waals surface area contributed by atoms with Crippen LogP contribution in [0.25, 0.3) is 0 Å².